The largest absolute Gasteiger partial charge is 0.278 e. The van der Waals surface area contributed by atoms with Gasteiger partial charge < -0.3 is 0 Å². The summed E-state index contributed by atoms with van der Waals surface area (Å²) in [6.45, 7) is 4.69. The van der Waals surface area contributed by atoms with Crippen molar-refractivity contribution in [1.29, 1.82) is 0 Å². The number of para-hydroxylation sites is 1. The third-order valence-corrected chi connectivity index (χ3v) is 11.2. The van der Waals surface area contributed by atoms with E-state index in [1.54, 1.807) is 0 Å². The lowest BCUT2D eigenvalue weighted by Crippen LogP contribution is -2.38. The molecule has 252 valence electrons. The molecule has 0 N–H and O–H groups in total. The monoisotopic (exact) mass is 680 g/mol. The van der Waals surface area contributed by atoms with Gasteiger partial charge in [0.05, 0.1) is 16.8 Å². The smallest absolute Gasteiger partial charge is 0.238 e. The zero-order valence-corrected chi connectivity index (χ0v) is 29.6. The number of anilines is 3. The lowest BCUT2D eigenvalue weighted by molar-refractivity contribution is 0.658. The van der Waals surface area contributed by atoms with Crippen LogP contribution in [-0.4, -0.2) is 15.0 Å². The molecular formula is C49H36N4. The predicted octanol–water partition coefficient (Wildman–Crippen LogP) is 11.7. The number of nitrogens with zero attached hydrogens (tertiary/aromatic N) is 4. The fourth-order valence-electron chi connectivity index (χ4n) is 8.76. The molecule has 2 heterocycles. The van der Waals surface area contributed by atoms with E-state index in [4.69, 9.17) is 15.0 Å². The highest BCUT2D eigenvalue weighted by Gasteiger charge is 2.49. The Hall–Kier alpha value is -6.65. The van der Waals surface area contributed by atoms with Crippen LogP contribution in [0.2, 0.25) is 0 Å². The second kappa shape index (κ2) is 12.0. The molecule has 1 aromatic heterocycles. The summed E-state index contributed by atoms with van der Waals surface area (Å²) in [4.78, 5) is 18.0. The SMILES string of the molecule is CC1(C)c2ccccc2-c2cc3c(cc21)N(c1nc(-c2ccccc2)nc(-c2ccccc2)n1)c1ccccc1C3(c1ccccc1)c1ccccc1. The number of benzene rings is 7. The average molecular weight is 681 g/mol. The highest BCUT2D eigenvalue weighted by atomic mass is 15.3. The first kappa shape index (κ1) is 31.1. The second-order valence-corrected chi connectivity index (χ2v) is 14.4. The zero-order valence-electron chi connectivity index (χ0n) is 29.6. The molecule has 0 radical (unpaired) electrons. The molecule has 0 atom stereocenters. The lowest BCUT2D eigenvalue weighted by atomic mass is 9.62. The standard InChI is InChI=1S/C49H36N4/c1-48(2)39-28-16-15-27-37(39)38-31-42-44(32-41(38)48)53(47-51-45(33-19-7-3-8-20-33)50-46(52-47)34-21-9-4-10-22-34)43-30-18-17-29-40(43)49(42,35-23-11-5-12-24-35)36-25-13-6-14-26-36/h3-32H,1-2H3. The van der Waals surface area contributed by atoms with Crippen LogP contribution in [-0.2, 0) is 10.8 Å². The number of rotatable bonds is 5. The number of fused-ring (bicyclic) bond motifs is 5. The van der Waals surface area contributed by atoms with Gasteiger partial charge in [-0.15, -0.1) is 0 Å². The fourth-order valence-corrected chi connectivity index (χ4v) is 8.76. The van der Waals surface area contributed by atoms with Crippen molar-refractivity contribution in [1.82, 2.24) is 15.0 Å². The van der Waals surface area contributed by atoms with Crippen LogP contribution < -0.4 is 4.90 Å². The van der Waals surface area contributed by atoms with E-state index in [1.165, 1.54) is 44.5 Å². The fraction of sp³-hybridized carbons (Fsp3) is 0.0816. The minimum Gasteiger partial charge on any atom is -0.278 e. The molecule has 0 fully saturated rings. The Morgan fingerprint density at radius 2 is 0.887 bits per heavy atom. The first-order chi connectivity index (χ1) is 26.0. The summed E-state index contributed by atoms with van der Waals surface area (Å²) in [5.41, 5.74) is 13.0. The Balaban J connectivity index is 1.35. The van der Waals surface area contributed by atoms with Crippen LogP contribution in [0.3, 0.4) is 0 Å². The second-order valence-electron chi connectivity index (χ2n) is 14.4. The van der Waals surface area contributed by atoms with Gasteiger partial charge in [0.1, 0.15) is 0 Å². The van der Waals surface area contributed by atoms with Crippen LogP contribution in [0.5, 0.6) is 0 Å². The molecule has 0 unspecified atom stereocenters. The number of hydrogen-bond donors (Lipinski definition) is 0. The van der Waals surface area contributed by atoms with Gasteiger partial charge in [-0.25, -0.2) is 4.98 Å². The number of hydrogen-bond acceptors (Lipinski definition) is 4. The maximum Gasteiger partial charge on any atom is 0.238 e. The molecule has 0 bridgehead atoms. The van der Waals surface area contributed by atoms with Gasteiger partial charge in [0, 0.05) is 16.5 Å². The van der Waals surface area contributed by atoms with Gasteiger partial charge in [-0.1, -0.05) is 178 Å². The lowest BCUT2D eigenvalue weighted by Gasteiger charge is -2.46. The van der Waals surface area contributed by atoms with Crippen molar-refractivity contribution < 1.29 is 0 Å². The quantitative estimate of drug-likeness (QED) is 0.181. The highest BCUT2D eigenvalue weighted by Crippen LogP contribution is 2.60. The third kappa shape index (κ3) is 4.65. The van der Waals surface area contributed by atoms with E-state index in [9.17, 15) is 0 Å². The van der Waals surface area contributed by atoms with E-state index in [0.29, 0.717) is 17.6 Å². The van der Waals surface area contributed by atoms with Crippen LogP contribution >= 0.6 is 0 Å². The maximum absolute atomic E-state index is 5.32. The molecule has 53 heavy (non-hydrogen) atoms. The average Bonchev–Trinajstić information content (AvgIpc) is 3.45. The van der Waals surface area contributed by atoms with Crippen LogP contribution in [0, 0.1) is 0 Å². The van der Waals surface area contributed by atoms with E-state index in [1.807, 2.05) is 36.4 Å². The summed E-state index contributed by atoms with van der Waals surface area (Å²) in [5, 5.41) is 0. The van der Waals surface area contributed by atoms with Gasteiger partial charge in [-0.05, 0) is 62.7 Å². The molecule has 0 amide bonds. The van der Waals surface area contributed by atoms with Gasteiger partial charge >= 0.3 is 0 Å². The van der Waals surface area contributed by atoms with Crippen molar-refractivity contribution in [3.8, 4) is 33.9 Å². The van der Waals surface area contributed by atoms with Crippen molar-refractivity contribution in [2.24, 2.45) is 0 Å². The normalized spacial score (nSPS) is 14.5. The van der Waals surface area contributed by atoms with Gasteiger partial charge in [0.15, 0.2) is 11.6 Å². The molecule has 10 rings (SSSR count). The van der Waals surface area contributed by atoms with E-state index in [2.05, 4.69) is 164 Å². The first-order valence-electron chi connectivity index (χ1n) is 18.2. The van der Waals surface area contributed by atoms with E-state index < -0.39 is 5.41 Å². The Labute approximate surface area is 310 Å². The third-order valence-electron chi connectivity index (χ3n) is 11.2. The first-order valence-corrected chi connectivity index (χ1v) is 18.2. The van der Waals surface area contributed by atoms with E-state index in [0.717, 1.165) is 22.5 Å². The molecule has 0 spiro atoms. The molecule has 0 saturated carbocycles. The summed E-state index contributed by atoms with van der Waals surface area (Å²) in [5.74, 6) is 1.84. The van der Waals surface area contributed by atoms with Gasteiger partial charge in [0.2, 0.25) is 5.95 Å². The molecule has 1 aliphatic carbocycles. The van der Waals surface area contributed by atoms with E-state index in [-0.39, 0.29) is 5.41 Å². The van der Waals surface area contributed by atoms with Crippen LogP contribution in [0.25, 0.3) is 33.9 Å². The molecule has 8 aromatic rings. The van der Waals surface area contributed by atoms with Crippen molar-refractivity contribution in [2.45, 2.75) is 24.7 Å². The molecule has 2 aliphatic rings. The van der Waals surface area contributed by atoms with Crippen LogP contribution in [0.15, 0.2) is 182 Å². The predicted molar refractivity (Wildman–Crippen MR) is 215 cm³/mol. The molecule has 4 nitrogen and oxygen atoms in total. The summed E-state index contributed by atoms with van der Waals surface area (Å²) in [7, 11) is 0. The summed E-state index contributed by atoms with van der Waals surface area (Å²) in [6.07, 6.45) is 0. The van der Waals surface area contributed by atoms with Crippen LogP contribution in [0.1, 0.15) is 47.2 Å². The maximum atomic E-state index is 5.32. The van der Waals surface area contributed by atoms with Gasteiger partial charge in [-0.2, -0.15) is 9.97 Å². The topological polar surface area (TPSA) is 41.9 Å². The van der Waals surface area contributed by atoms with Crippen molar-refractivity contribution in [3.05, 3.63) is 215 Å². The summed E-state index contributed by atoms with van der Waals surface area (Å²) < 4.78 is 0. The Kier molecular flexibility index (Phi) is 7.02. The molecular weight excluding hydrogens is 645 g/mol. The van der Waals surface area contributed by atoms with Crippen molar-refractivity contribution >= 4 is 17.3 Å². The van der Waals surface area contributed by atoms with Gasteiger partial charge in [-0.3, -0.25) is 4.90 Å². The Morgan fingerprint density at radius 1 is 0.396 bits per heavy atom. The summed E-state index contributed by atoms with van der Waals surface area (Å²) in [6, 6.07) is 64.9. The molecule has 0 saturated heterocycles. The molecule has 1 aliphatic heterocycles. The highest BCUT2D eigenvalue weighted by molar-refractivity contribution is 5.93. The Bertz CT molecular complexity index is 2540. The summed E-state index contributed by atoms with van der Waals surface area (Å²) >= 11 is 0. The zero-order chi connectivity index (χ0) is 35.6. The van der Waals surface area contributed by atoms with Gasteiger partial charge in [0.25, 0.3) is 0 Å². The van der Waals surface area contributed by atoms with E-state index >= 15 is 0 Å². The number of aromatic nitrogens is 3. The van der Waals surface area contributed by atoms with Crippen molar-refractivity contribution in [2.75, 3.05) is 4.90 Å². The molecule has 7 aromatic carbocycles. The minimum atomic E-state index is -0.640. The van der Waals surface area contributed by atoms with Crippen LogP contribution in [0.4, 0.5) is 17.3 Å². The minimum absolute atomic E-state index is 0.213. The molecule has 4 heteroatoms. The Morgan fingerprint density at radius 3 is 1.47 bits per heavy atom. The van der Waals surface area contributed by atoms with Crippen molar-refractivity contribution in [3.63, 3.8) is 0 Å².